The Morgan fingerprint density at radius 1 is 0.958 bits per heavy atom. The van der Waals surface area contributed by atoms with Crippen LogP contribution in [0.1, 0.15) is 25.3 Å². The van der Waals surface area contributed by atoms with Crippen LogP contribution in [0.15, 0.2) is 48.5 Å². The number of imidazole rings is 1. The number of rotatable bonds is 7. The van der Waals surface area contributed by atoms with Crippen LogP contribution in [0.2, 0.25) is 0 Å². The molecule has 0 fully saturated rings. The first-order valence-corrected chi connectivity index (χ1v) is 8.63. The summed E-state index contributed by atoms with van der Waals surface area (Å²) in [5.41, 5.74) is 3.98. The molecule has 2 aromatic carbocycles. The van der Waals surface area contributed by atoms with E-state index in [0.717, 1.165) is 36.2 Å². The molecule has 3 rings (SSSR count). The van der Waals surface area contributed by atoms with Crippen molar-refractivity contribution < 1.29 is 4.74 Å². The highest BCUT2D eigenvalue weighted by molar-refractivity contribution is 5.75. The Balaban J connectivity index is 1.81. The first kappa shape index (κ1) is 16.4. The van der Waals surface area contributed by atoms with Gasteiger partial charge in [0.2, 0.25) is 5.62 Å². The highest BCUT2D eigenvalue weighted by Gasteiger charge is 2.10. The van der Waals surface area contributed by atoms with Crippen LogP contribution in [0.3, 0.4) is 0 Å². The van der Waals surface area contributed by atoms with Gasteiger partial charge in [-0.2, -0.15) is 0 Å². The summed E-state index contributed by atoms with van der Waals surface area (Å²) in [6, 6.07) is 16.3. The topological polar surface area (TPSA) is 42.9 Å². The molecular weight excluding hydrogens is 298 g/mol. The minimum Gasteiger partial charge on any atom is -0.492 e. The molecule has 126 valence electrons. The first-order valence-electron chi connectivity index (χ1n) is 8.63. The minimum absolute atomic E-state index is 0.553. The molecule has 0 aliphatic rings. The summed E-state index contributed by atoms with van der Waals surface area (Å²) in [6.07, 6.45) is 2.22. The van der Waals surface area contributed by atoms with Gasteiger partial charge in [-0.05, 0) is 43.2 Å². The Kier molecular flexibility index (Phi) is 5.04. The molecule has 0 atom stereocenters. The van der Waals surface area contributed by atoms with Crippen LogP contribution in [-0.2, 0) is 13.1 Å². The molecule has 4 heteroatoms. The Bertz CT molecular complexity index is 876. The number of aryl methyl sites for hydroxylation is 2. The van der Waals surface area contributed by atoms with Crippen molar-refractivity contribution in [2.24, 2.45) is 0 Å². The average Bonchev–Trinajstić information content (AvgIpc) is 2.85. The smallest absolute Gasteiger partial charge is 0.203 e. The molecule has 3 aromatic rings. The van der Waals surface area contributed by atoms with E-state index in [9.17, 15) is 0 Å². The van der Waals surface area contributed by atoms with Crippen molar-refractivity contribution in [1.82, 2.24) is 9.13 Å². The molecule has 1 heterocycles. The Morgan fingerprint density at radius 3 is 2.33 bits per heavy atom. The molecule has 0 bridgehead atoms. The number of para-hydroxylation sites is 2. The van der Waals surface area contributed by atoms with Crippen LogP contribution in [0.25, 0.3) is 11.0 Å². The second-order valence-electron chi connectivity index (χ2n) is 6.13. The van der Waals surface area contributed by atoms with E-state index in [2.05, 4.69) is 36.6 Å². The van der Waals surface area contributed by atoms with Crippen LogP contribution < -0.4 is 10.4 Å². The van der Waals surface area contributed by atoms with Gasteiger partial charge in [-0.15, -0.1) is 0 Å². The SMILES string of the molecule is CCCCn1c(=N)n(CCOc2cccc(C)c2)c2ccccc21. The number of hydrogen-bond donors (Lipinski definition) is 1. The third kappa shape index (κ3) is 3.37. The van der Waals surface area contributed by atoms with Gasteiger partial charge in [-0.3, -0.25) is 5.41 Å². The highest BCUT2D eigenvalue weighted by Crippen LogP contribution is 2.15. The quantitative estimate of drug-likeness (QED) is 0.698. The lowest BCUT2D eigenvalue weighted by molar-refractivity contribution is 0.296. The molecule has 4 nitrogen and oxygen atoms in total. The van der Waals surface area contributed by atoms with E-state index in [1.807, 2.05) is 34.9 Å². The van der Waals surface area contributed by atoms with Gasteiger partial charge in [0, 0.05) is 6.54 Å². The number of aromatic nitrogens is 2. The summed E-state index contributed by atoms with van der Waals surface area (Å²) < 4.78 is 10.0. The normalized spacial score (nSPS) is 11.1. The van der Waals surface area contributed by atoms with Gasteiger partial charge < -0.3 is 13.9 Å². The first-order chi connectivity index (χ1) is 11.7. The largest absolute Gasteiger partial charge is 0.492 e. The maximum atomic E-state index is 8.54. The van der Waals surface area contributed by atoms with Gasteiger partial charge in [0.25, 0.3) is 0 Å². The number of ether oxygens (including phenoxy) is 1. The summed E-state index contributed by atoms with van der Waals surface area (Å²) in [5.74, 6) is 0.886. The van der Waals surface area contributed by atoms with Crippen molar-refractivity contribution >= 4 is 11.0 Å². The summed E-state index contributed by atoms with van der Waals surface area (Å²) in [4.78, 5) is 0. The fourth-order valence-electron chi connectivity index (χ4n) is 3.02. The van der Waals surface area contributed by atoms with Gasteiger partial charge >= 0.3 is 0 Å². The van der Waals surface area contributed by atoms with Crippen LogP contribution in [0, 0.1) is 12.3 Å². The van der Waals surface area contributed by atoms with Crippen molar-refractivity contribution in [3.05, 3.63) is 59.7 Å². The Labute approximate surface area is 142 Å². The molecule has 0 saturated carbocycles. The van der Waals surface area contributed by atoms with Gasteiger partial charge in [-0.25, -0.2) is 0 Å². The standard InChI is InChI=1S/C20H25N3O/c1-3-4-12-22-18-10-5-6-11-19(18)23(20(22)21)13-14-24-17-9-7-8-16(2)15-17/h5-11,15,21H,3-4,12-14H2,1-2H3. The number of unbranched alkanes of at least 4 members (excludes halogenated alkanes) is 1. The molecule has 0 radical (unpaired) electrons. The summed E-state index contributed by atoms with van der Waals surface area (Å²) in [5, 5.41) is 8.54. The molecule has 0 amide bonds. The van der Waals surface area contributed by atoms with E-state index < -0.39 is 0 Å². The van der Waals surface area contributed by atoms with Crippen molar-refractivity contribution in [3.8, 4) is 5.75 Å². The lowest BCUT2D eigenvalue weighted by Gasteiger charge is -2.08. The zero-order valence-corrected chi connectivity index (χ0v) is 14.5. The van der Waals surface area contributed by atoms with Crippen molar-refractivity contribution in [3.63, 3.8) is 0 Å². The maximum Gasteiger partial charge on any atom is 0.203 e. The predicted octanol–water partition coefficient (Wildman–Crippen LogP) is 4.11. The van der Waals surface area contributed by atoms with E-state index in [-0.39, 0.29) is 0 Å². The monoisotopic (exact) mass is 323 g/mol. The van der Waals surface area contributed by atoms with Crippen molar-refractivity contribution in [1.29, 1.82) is 5.41 Å². The van der Waals surface area contributed by atoms with Gasteiger partial charge in [0.1, 0.15) is 12.4 Å². The van der Waals surface area contributed by atoms with Crippen LogP contribution in [0.5, 0.6) is 5.75 Å². The molecule has 1 aromatic heterocycles. The van der Waals surface area contributed by atoms with E-state index >= 15 is 0 Å². The second-order valence-corrected chi connectivity index (χ2v) is 6.13. The van der Waals surface area contributed by atoms with E-state index in [0.29, 0.717) is 18.8 Å². The molecule has 0 aliphatic carbocycles. The number of hydrogen-bond acceptors (Lipinski definition) is 2. The van der Waals surface area contributed by atoms with E-state index in [1.165, 1.54) is 5.56 Å². The number of benzene rings is 2. The maximum absolute atomic E-state index is 8.54. The summed E-state index contributed by atoms with van der Waals surface area (Å²) in [6.45, 7) is 6.36. The van der Waals surface area contributed by atoms with E-state index in [1.54, 1.807) is 0 Å². The molecule has 0 spiro atoms. The van der Waals surface area contributed by atoms with Gasteiger partial charge in [-0.1, -0.05) is 37.6 Å². The number of nitrogens with zero attached hydrogens (tertiary/aromatic N) is 2. The van der Waals surface area contributed by atoms with Gasteiger partial charge in [0.05, 0.1) is 17.6 Å². The van der Waals surface area contributed by atoms with Crippen LogP contribution in [-0.4, -0.2) is 15.7 Å². The minimum atomic E-state index is 0.553. The summed E-state index contributed by atoms with van der Waals surface area (Å²) >= 11 is 0. The Morgan fingerprint density at radius 2 is 1.67 bits per heavy atom. The zero-order valence-electron chi connectivity index (χ0n) is 14.5. The average molecular weight is 323 g/mol. The third-order valence-corrected chi connectivity index (χ3v) is 4.28. The lowest BCUT2D eigenvalue weighted by Crippen LogP contribution is -2.26. The van der Waals surface area contributed by atoms with E-state index in [4.69, 9.17) is 10.1 Å². The Hall–Kier alpha value is -2.49. The second kappa shape index (κ2) is 7.39. The molecule has 0 aliphatic heterocycles. The number of nitrogens with one attached hydrogen (secondary N) is 1. The fourth-order valence-corrected chi connectivity index (χ4v) is 3.02. The molecule has 0 unspecified atom stereocenters. The molecule has 1 N–H and O–H groups in total. The zero-order chi connectivity index (χ0) is 16.9. The van der Waals surface area contributed by atoms with Crippen molar-refractivity contribution in [2.45, 2.75) is 39.8 Å². The molecule has 0 saturated heterocycles. The number of fused-ring (bicyclic) bond motifs is 1. The summed E-state index contributed by atoms with van der Waals surface area (Å²) in [7, 11) is 0. The fraction of sp³-hybridized carbons (Fsp3) is 0.350. The van der Waals surface area contributed by atoms with Gasteiger partial charge in [0.15, 0.2) is 0 Å². The third-order valence-electron chi connectivity index (χ3n) is 4.28. The highest BCUT2D eigenvalue weighted by atomic mass is 16.5. The molecular formula is C20H25N3O. The van der Waals surface area contributed by atoms with Crippen LogP contribution in [0.4, 0.5) is 0 Å². The molecule has 24 heavy (non-hydrogen) atoms. The van der Waals surface area contributed by atoms with Crippen molar-refractivity contribution in [2.75, 3.05) is 6.61 Å². The lowest BCUT2D eigenvalue weighted by atomic mass is 10.2. The predicted molar refractivity (Wildman–Crippen MR) is 97.4 cm³/mol. The van der Waals surface area contributed by atoms with Crippen LogP contribution >= 0.6 is 0 Å².